The largest absolute Gasteiger partial charge is 0.454 e. The summed E-state index contributed by atoms with van der Waals surface area (Å²) in [4.78, 5) is 51.8. The van der Waals surface area contributed by atoms with Crippen molar-refractivity contribution in [1.29, 1.82) is 0 Å². The summed E-state index contributed by atoms with van der Waals surface area (Å²) in [6, 6.07) is 3.44. The molecule has 11 heteroatoms. The highest BCUT2D eigenvalue weighted by Gasteiger charge is 2.67. The summed E-state index contributed by atoms with van der Waals surface area (Å²) in [7, 11) is 0. The fourth-order valence-corrected chi connectivity index (χ4v) is 7.22. The molecular formula is C20H18Br2Cl2N2O5. The number of ether oxygens (including phenoxy) is 1. The third-order valence-corrected chi connectivity index (χ3v) is 10.1. The second-order valence-electron chi connectivity index (χ2n) is 8.01. The molecule has 7 nitrogen and oxygen atoms in total. The Morgan fingerprint density at radius 2 is 1.74 bits per heavy atom. The van der Waals surface area contributed by atoms with Gasteiger partial charge in [0, 0.05) is 14.7 Å². The van der Waals surface area contributed by atoms with Crippen LogP contribution in [0.4, 0.5) is 5.69 Å². The van der Waals surface area contributed by atoms with Crippen molar-refractivity contribution >= 4 is 84.4 Å². The van der Waals surface area contributed by atoms with Crippen LogP contribution in [-0.4, -0.2) is 50.9 Å². The number of hydrogen-bond acceptors (Lipinski definition) is 5. The molecule has 0 spiro atoms. The minimum absolute atomic E-state index is 0.0546. The molecular weight excluding hydrogens is 579 g/mol. The minimum Gasteiger partial charge on any atom is -0.454 e. The van der Waals surface area contributed by atoms with Gasteiger partial charge in [-0.2, -0.15) is 0 Å². The lowest BCUT2D eigenvalue weighted by molar-refractivity contribution is -0.159. The molecule has 31 heavy (non-hydrogen) atoms. The van der Waals surface area contributed by atoms with Crippen molar-refractivity contribution in [2.45, 2.75) is 29.0 Å². The molecule has 1 aliphatic heterocycles. The van der Waals surface area contributed by atoms with Gasteiger partial charge in [-0.3, -0.25) is 19.3 Å². The Bertz CT molecular complexity index is 945. The molecule has 2 saturated carbocycles. The zero-order valence-electron chi connectivity index (χ0n) is 16.2. The number of alkyl halides is 2. The van der Waals surface area contributed by atoms with Crippen molar-refractivity contribution in [3.8, 4) is 0 Å². The smallest absolute Gasteiger partial charge is 0.329 e. The monoisotopic (exact) mass is 594 g/mol. The van der Waals surface area contributed by atoms with E-state index in [1.54, 1.807) is 6.07 Å². The summed E-state index contributed by atoms with van der Waals surface area (Å²) >= 11 is 19.1. The first-order valence-electron chi connectivity index (χ1n) is 9.68. The second kappa shape index (κ2) is 8.65. The van der Waals surface area contributed by atoms with Crippen LogP contribution in [0.3, 0.4) is 0 Å². The number of nitrogens with one attached hydrogen (secondary N) is 1. The summed E-state index contributed by atoms with van der Waals surface area (Å²) in [5.74, 6) is -2.83. The average Bonchev–Trinajstić information content (AvgIpc) is 3.32. The van der Waals surface area contributed by atoms with Crippen molar-refractivity contribution < 1.29 is 23.9 Å². The van der Waals surface area contributed by atoms with Crippen LogP contribution in [0.5, 0.6) is 0 Å². The Hall–Kier alpha value is -1.16. The van der Waals surface area contributed by atoms with Gasteiger partial charge in [-0.05, 0) is 43.4 Å². The van der Waals surface area contributed by atoms with Gasteiger partial charge in [0.05, 0.1) is 22.5 Å². The Labute approximate surface area is 205 Å². The third kappa shape index (κ3) is 3.92. The fraction of sp³-hybridized carbons (Fsp3) is 0.500. The molecule has 1 aromatic carbocycles. The number of carbonyl (C=O) groups is 4. The van der Waals surface area contributed by atoms with Gasteiger partial charge in [-0.1, -0.05) is 55.1 Å². The van der Waals surface area contributed by atoms with Crippen LogP contribution in [0, 0.1) is 23.7 Å². The molecule has 1 heterocycles. The summed E-state index contributed by atoms with van der Waals surface area (Å²) in [5.41, 5.74) is 0.321. The maximum Gasteiger partial charge on any atom is 0.329 e. The maximum absolute atomic E-state index is 13.0. The Morgan fingerprint density at radius 1 is 1.16 bits per heavy atom. The van der Waals surface area contributed by atoms with Crippen molar-refractivity contribution in [2.24, 2.45) is 23.7 Å². The predicted molar refractivity (Wildman–Crippen MR) is 121 cm³/mol. The predicted octanol–water partition coefficient (Wildman–Crippen LogP) is 3.64. The molecule has 2 aliphatic carbocycles. The Kier molecular flexibility index (Phi) is 6.42. The van der Waals surface area contributed by atoms with E-state index < -0.39 is 36.4 Å². The van der Waals surface area contributed by atoms with Gasteiger partial charge in [-0.15, -0.1) is 0 Å². The van der Waals surface area contributed by atoms with Crippen molar-refractivity contribution in [3.63, 3.8) is 0 Å². The molecule has 7 atom stereocenters. The number of nitrogens with zero attached hydrogens (tertiary/aromatic N) is 1. The molecule has 4 rings (SSSR count). The number of benzene rings is 1. The normalized spacial score (nSPS) is 32.2. The summed E-state index contributed by atoms with van der Waals surface area (Å²) in [6.07, 6.45) is 0.804. The zero-order chi connectivity index (χ0) is 22.6. The topological polar surface area (TPSA) is 92.8 Å². The van der Waals surface area contributed by atoms with Gasteiger partial charge in [-0.25, -0.2) is 4.79 Å². The molecule has 166 valence electrons. The van der Waals surface area contributed by atoms with E-state index in [1.165, 1.54) is 19.1 Å². The van der Waals surface area contributed by atoms with E-state index in [0.29, 0.717) is 10.7 Å². The first-order chi connectivity index (χ1) is 14.6. The maximum atomic E-state index is 13.0. The van der Waals surface area contributed by atoms with E-state index in [1.807, 2.05) is 0 Å². The van der Waals surface area contributed by atoms with Crippen LogP contribution in [0.2, 0.25) is 10.0 Å². The first-order valence-corrected chi connectivity index (χ1v) is 12.3. The van der Waals surface area contributed by atoms with Gasteiger partial charge in [0.15, 0.2) is 6.61 Å². The van der Waals surface area contributed by atoms with Gasteiger partial charge in [0.2, 0.25) is 11.8 Å². The fourth-order valence-electron chi connectivity index (χ4n) is 4.89. The molecule has 1 N–H and O–H groups in total. The van der Waals surface area contributed by atoms with E-state index in [9.17, 15) is 19.2 Å². The number of hydrogen-bond donors (Lipinski definition) is 1. The van der Waals surface area contributed by atoms with Gasteiger partial charge in [0.25, 0.3) is 5.91 Å². The van der Waals surface area contributed by atoms with E-state index >= 15 is 0 Å². The van der Waals surface area contributed by atoms with Crippen LogP contribution < -0.4 is 5.32 Å². The quantitative estimate of drug-likeness (QED) is 0.318. The average molecular weight is 597 g/mol. The number of amides is 3. The highest BCUT2D eigenvalue weighted by molar-refractivity contribution is 9.12. The summed E-state index contributed by atoms with van der Waals surface area (Å²) in [6.45, 7) is 0.857. The molecule has 3 fully saturated rings. The van der Waals surface area contributed by atoms with Crippen LogP contribution in [0.25, 0.3) is 0 Å². The highest BCUT2D eigenvalue weighted by Crippen LogP contribution is 2.60. The van der Waals surface area contributed by atoms with Crippen LogP contribution in [-0.2, 0) is 23.9 Å². The van der Waals surface area contributed by atoms with E-state index in [-0.39, 0.29) is 38.3 Å². The molecule has 0 aromatic heterocycles. The van der Waals surface area contributed by atoms with Gasteiger partial charge >= 0.3 is 5.97 Å². The molecule has 0 radical (unpaired) electrons. The molecule has 2 bridgehead atoms. The number of rotatable bonds is 5. The summed E-state index contributed by atoms with van der Waals surface area (Å²) in [5, 5.41) is 3.17. The minimum atomic E-state index is -1.11. The summed E-state index contributed by atoms with van der Waals surface area (Å²) < 4.78 is 5.06. The van der Waals surface area contributed by atoms with Crippen LogP contribution >= 0.6 is 55.1 Å². The van der Waals surface area contributed by atoms with Crippen molar-refractivity contribution in [3.05, 3.63) is 28.2 Å². The van der Waals surface area contributed by atoms with Gasteiger partial charge in [0.1, 0.15) is 6.04 Å². The number of likely N-dealkylation sites (tertiary alicyclic amines) is 1. The Balaban J connectivity index is 1.37. The molecule has 0 unspecified atom stereocenters. The molecule has 1 aromatic rings. The lowest BCUT2D eigenvalue weighted by atomic mass is 9.81. The van der Waals surface area contributed by atoms with E-state index in [0.717, 1.165) is 11.3 Å². The third-order valence-electron chi connectivity index (χ3n) is 6.30. The SMILES string of the molecule is C[C@H](C(=O)OCC(=O)Nc1ccc(Cl)cc1Cl)N1C(=O)[C@@H]2[C@H]3C[C@@H]([C@@H](Br)[C@H]3Br)[C@H]2C1=O. The molecule has 3 aliphatic rings. The zero-order valence-corrected chi connectivity index (χ0v) is 20.9. The van der Waals surface area contributed by atoms with Crippen molar-refractivity contribution in [2.75, 3.05) is 11.9 Å². The second-order valence-corrected chi connectivity index (χ2v) is 11.0. The standard InChI is InChI=1S/C20H18Br2Cl2N2O5/c1-7(20(30)31-6-13(27)25-12-3-2-8(23)4-11(12)24)26-18(28)14-9-5-10(15(14)19(26)29)17(22)16(9)21/h2-4,7,9-10,14-17H,5-6H2,1H3,(H,25,27)/t7-,9-,10-,14-,15-,16-,17+/m1/s1. The van der Waals surface area contributed by atoms with Crippen molar-refractivity contribution in [1.82, 2.24) is 4.90 Å². The van der Waals surface area contributed by atoms with E-state index in [4.69, 9.17) is 27.9 Å². The highest BCUT2D eigenvalue weighted by atomic mass is 79.9. The molecule has 3 amide bonds. The number of halogens is 4. The number of carbonyl (C=O) groups excluding carboxylic acids is 4. The molecule has 1 saturated heterocycles. The number of anilines is 1. The lowest BCUT2D eigenvalue weighted by Gasteiger charge is -2.28. The first kappa shape index (κ1) is 23.0. The number of esters is 1. The lowest BCUT2D eigenvalue weighted by Crippen LogP contribution is -2.45. The number of fused-ring (bicyclic) bond motifs is 5. The van der Waals surface area contributed by atoms with Crippen LogP contribution in [0.15, 0.2) is 18.2 Å². The Morgan fingerprint density at radius 3 is 2.29 bits per heavy atom. The van der Waals surface area contributed by atoms with E-state index in [2.05, 4.69) is 37.2 Å². The van der Waals surface area contributed by atoms with Gasteiger partial charge < -0.3 is 10.1 Å². The number of imide groups is 1. The van der Waals surface area contributed by atoms with Crippen LogP contribution in [0.1, 0.15) is 13.3 Å².